The number of hydrogen-bond acceptors (Lipinski definition) is 4. The third-order valence-electron chi connectivity index (χ3n) is 2.21. The Morgan fingerprint density at radius 2 is 2.06 bits per heavy atom. The molecule has 0 unspecified atom stereocenters. The molecule has 4 nitrogen and oxygen atoms in total. The minimum atomic E-state index is 0.754. The molecule has 0 saturated heterocycles. The topological polar surface area (TPSA) is 50.7 Å². The second kappa shape index (κ2) is 5.21. The van der Waals surface area contributed by atoms with Crippen molar-refractivity contribution in [2.45, 2.75) is 13.3 Å². The SMILES string of the molecule is CCNc1nccnc1Cc1cccnc1. The van der Waals surface area contributed by atoms with E-state index < -0.39 is 0 Å². The summed E-state index contributed by atoms with van der Waals surface area (Å²) in [5.41, 5.74) is 2.10. The van der Waals surface area contributed by atoms with Crippen LogP contribution in [0.2, 0.25) is 0 Å². The number of nitrogens with one attached hydrogen (secondary N) is 1. The first kappa shape index (κ1) is 10.5. The summed E-state index contributed by atoms with van der Waals surface area (Å²) in [5, 5.41) is 3.20. The minimum Gasteiger partial charge on any atom is -0.369 e. The van der Waals surface area contributed by atoms with Crippen LogP contribution in [0.4, 0.5) is 5.82 Å². The maximum Gasteiger partial charge on any atom is 0.148 e. The minimum absolute atomic E-state index is 0.754. The molecule has 0 aliphatic heterocycles. The van der Waals surface area contributed by atoms with E-state index in [0.29, 0.717) is 0 Å². The number of nitrogens with zero attached hydrogens (tertiary/aromatic N) is 3. The van der Waals surface area contributed by atoms with Gasteiger partial charge >= 0.3 is 0 Å². The second-order valence-corrected chi connectivity index (χ2v) is 3.42. The molecule has 82 valence electrons. The highest BCUT2D eigenvalue weighted by Gasteiger charge is 2.04. The molecule has 0 fully saturated rings. The van der Waals surface area contributed by atoms with E-state index in [1.165, 1.54) is 0 Å². The molecule has 2 aromatic heterocycles. The molecule has 0 atom stereocenters. The van der Waals surface area contributed by atoms with E-state index in [1.807, 2.05) is 25.3 Å². The molecular formula is C12H14N4. The van der Waals surface area contributed by atoms with Crippen molar-refractivity contribution in [3.05, 3.63) is 48.2 Å². The number of hydrogen-bond donors (Lipinski definition) is 1. The molecule has 0 spiro atoms. The Morgan fingerprint density at radius 1 is 1.19 bits per heavy atom. The molecule has 0 bridgehead atoms. The largest absolute Gasteiger partial charge is 0.369 e. The zero-order chi connectivity index (χ0) is 11.2. The average molecular weight is 214 g/mol. The summed E-state index contributed by atoms with van der Waals surface area (Å²) in [4.78, 5) is 12.7. The maximum atomic E-state index is 4.34. The summed E-state index contributed by atoms with van der Waals surface area (Å²) < 4.78 is 0. The van der Waals surface area contributed by atoms with Crippen molar-refractivity contribution in [2.24, 2.45) is 0 Å². The fourth-order valence-corrected chi connectivity index (χ4v) is 1.51. The molecule has 0 aliphatic rings. The molecule has 16 heavy (non-hydrogen) atoms. The van der Waals surface area contributed by atoms with Gasteiger partial charge in [0.25, 0.3) is 0 Å². The van der Waals surface area contributed by atoms with E-state index in [0.717, 1.165) is 30.0 Å². The zero-order valence-electron chi connectivity index (χ0n) is 9.22. The van der Waals surface area contributed by atoms with Crippen LogP contribution in [-0.4, -0.2) is 21.5 Å². The Balaban J connectivity index is 2.21. The van der Waals surface area contributed by atoms with Gasteiger partial charge < -0.3 is 5.32 Å². The van der Waals surface area contributed by atoms with E-state index in [1.54, 1.807) is 18.6 Å². The number of pyridine rings is 1. The van der Waals surface area contributed by atoms with E-state index in [9.17, 15) is 0 Å². The predicted octanol–water partition coefficient (Wildman–Crippen LogP) is 1.89. The Morgan fingerprint density at radius 3 is 2.81 bits per heavy atom. The fraction of sp³-hybridized carbons (Fsp3) is 0.250. The van der Waals surface area contributed by atoms with Gasteiger partial charge in [-0.2, -0.15) is 0 Å². The highest BCUT2D eigenvalue weighted by Crippen LogP contribution is 2.12. The van der Waals surface area contributed by atoms with Crippen molar-refractivity contribution in [1.29, 1.82) is 0 Å². The Bertz CT molecular complexity index is 442. The number of anilines is 1. The van der Waals surface area contributed by atoms with Gasteiger partial charge in [-0.1, -0.05) is 6.07 Å². The van der Waals surface area contributed by atoms with Crippen molar-refractivity contribution in [3.63, 3.8) is 0 Å². The molecule has 0 aromatic carbocycles. The first-order valence-electron chi connectivity index (χ1n) is 5.33. The van der Waals surface area contributed by atoms with Crippen LogP contribution < -0.4 is 5.32 Å². The third kappa shape index (κ3) is 2.53. The first-order chi connectivity index (χ1) is 7.90. The highest BCUT2D eigenvalue weighted by molar-refractivity contribution is 5.41. The number of aromatic nitrogens is 3. The predicted molar refractivity (Wildman–Crippen MR) is 63.2 cm³/mol. The fourth-order valence-electron chi connectivity index (χ4n) is 1.51. The molecule has 0 amide bonds. The summed E-state index contributed by atoms with van der Waals surface area (Å²) in [5.74, 6) is 0.855. The van der Waals surface area contributed by atoms with Gasteiger partial charge in [0.05, 0.1) is 5.69 Å². The standard InChI is InChI=1S/C12H14N4/c1-2-14-12-11(15-6-7-16-12)8-10-4-3-5-13-9-10/h3-7,9H,2,8H2,1H3,(H,14,16). The summed E-state index contributed by atoms with van der Waals surface area (Å²) in [6, 6.07) is 3.97. The third-order valence-corrected chi connectivity index (χ3v) is 2.21. The van der Waals surface area contributed by atoms with Crippen LogP contribution >= 0.6 is 0 Å². The maximum absolute atomic E-state index is 4.34. The van der Waals surface area contributed by atoms with Crippen molar-refractivity contribution in [3.8, 4) is 0 Å². The first-order valence-corrected chi connectivity index (χ1v) is 5.33. The van der Waals surface area contributed by atoms with E-state index in [2.05, 4.69) is 20.3 Å². The lowest BCUT2D eigenvalue weighted by molar-refractivity contribution is 1.00. The quantitative estimate of drug-likeness (QED) is 0.844. The lowest BCUT2D eigenvalue weighted by Gasteiger charge is -2.07. The zero-order valence-corrected chi connectivity index (χ0v) is 9.22. The Kier molecular flexibility index (Phi) is 3.43. The summed E-state index contributed by atoms with van der Waals surface area (Å²) >= 11 is 0. The molecular weight excluding hydrogens is 200 g/mol. The van der Waals surface area contributed by atoms with Crippen LogP contribution in [0.3, 0.4) is 0 Å². The summed E-state index contributed by atoms with van der Waals surface area (Å²) in [7, 11) is 0. The van der Waals surface area contributed by atoms with Crippen LogP contribution in [0.15, 0.2) is 36.9 Å². The highest BCUT2D eigenvalue weighted by atomic mass is 15.0. The molecule has 2 aromatic rings. The van der Waals surface area contributed by atoms with Crippen LogP contribution in [0, 0.1) is 0 Å². The smallest absolute Gasteiger partial charge is 0.148 e. The molecule has 0 radical (unpaired) electrons. The van der Waals surface area contributed by atoms with Crippen LogP contribution in [0.25, 0.3) is 0 Å². The monoisotopic (exact) mass is 214 g/mol. The van der Waals surface area contributed by atoms with Gasteiger partial charge in [0, 0.05) is 37.8 Å². The number of rotatable bonds is 4. The second-order valence-electron chi connectivity index (χ2n) is 3.42. The lowest BCUT2D eigenvalue weighted by atomic mass is 10.1. The average Bonchev–Trinajstić information content (AvgIpc) is 2.33. The molecule has 2 rings (SSSR count). The normalized spacial score (nSPS) is 10.1. The van der Waals surface area contributed by atoms with Crippen molar-refractivity contribution in [2.75, 3.05) is 11.9 Å². The molecule has 0 aliphatic carbocycles. The van der Waals surface area contributed by atoms with Crippen LogP contribution in [0.5, 0.6) is 0 Å². The van der Waals surface area contributed by atoms with Gasteiger partial charge in [0.1, 0.15) is 5.82 Å². The molecule has 4 heteroatoms. The lowest BCUT2D eigenvalue weighted by Crippen LogP contribution is -2.05. The van der Waals surface area contributed by atoms with Crippen molar-refractivity contribution in [1.82, 2.24) is 15.0 Å². The Labute approximate surface area is 94.8 Å². The van der Waals surface area contributed by atoms with E-state index in [-0.39, 0.29) is 0 Å². The van der Waals surface area contributed by atoms with Gasteiger partial charge in [0.15, 0.2) is 0 Å². The van der Waals surface area contributed by atoms with Crippen molar-refractivity contribution >= 4 is 5.82 Å². The Hall–Kier alpha value is -1.97. The molecule has 0 saturated carbocycles. The summed E-state index contributed by atoms with van der Waals surface area (Å²) in [6.07, 6.45) is 7.79. The molecule has 2 heterocycles. The van der Waals surface area contributed by atoms with Crippen LogP contribution in [-0.2, 0) is 6.42 Å². The van der Waals surface area contributed by atoms with E-state index >= 15 is 0 Å². The van der Waals surface area contributed by atoms with Gasteiger partial charge in [-0.05, 0) is 18.6 Å². The van der Waals surface area contributed by atoms with Crippen molar-refractivity contribution < 1.29 is 0 Å². The summed E-state index contributed by atoms with van der Waals surface area (Å²) in [6.45, 7) is 2.89. The van der Waals surface area contributed by atoms with Crippen LogP contribution in [0.1, 0.15) is 18.2 Å². The van der Waals surface area contributed by atoms with Gasteiger partial charge in [-0.15, -0.1) is 0 Å². The van der Waals surface area contributed by atoms with Gasteiger partial charge in [-0.3, -0.25) is 9.97 Å². The van der Waals surface area contributed by atoms with Gasteiger partial charge in [0.2, 0.25) is 0 Å². The molecule has 1 N–H and O–H groups in total. The van der Waals surface area contributed by atoms with E-state index in [4.69, 9.17) is 0 Å². The van der Waals surface area contributed by atoms with Gasteiger partial charge in [-0.25, -0.2) is 4.98 Å².